The van der Waals surface area contributed by atoms with E-state index in [1.165, 1.54) is 11.1 Å². The molecule has 172 valence electrons. The molecule has 3 rings (SSSR count). The molecule has 0 aliphatic carbocycles. The van der Waals surface area contributed by atoms with Crippen LogP contribution in [-0.4, -0.2) is 42.4 Å². The molecule has 0 radical (unpaired) electrons. The standard InChI is InChI=1S/C26H34ClN3O2/c1-26(2,3)21-8-6-20(7-9-21)25(32)28-15-12-24(31)29-23-13-16-30(17-14-23)18-19-4-10-22(27)11-5-19/h4-11,23H,12-18H2,1-3H3,(H,28,32)(H,29,31). The van der Waals surface area contributed by atoms with E-state index in [0.29, 0.717) is 12.1 Å². The fraction of sp³-hybridized carbons (Fsp3) is 0.462. The highest BCUT2D eigenvalue weighted by Crippen LogP contribution is 2.22. The second-order valence-electron chi connectivity index (χ2n) is 9.58. The molecule has 0 spiro atoms. The Hall–Kier alpha value is -2.37. The average Bonchev–Trinajstić information content (AvgIpc) is 2.76. The van der Waals surface area contributed by atoms with E-state index >= 15 is 0 Å². The summed E-state index contributed by atoms with van der Waals surface area (Å²) < 4.78 is 0. The molecule has 0 saturated carbocycles. The number of carbonyl (C=O) groups is 2. The largest absolute Gasteiger partial charge is 0.353 e. The van der Waals surface area contributed by atoms with Gasteiger partial charge in [-0.1, -0.05) is 56.6 Å². The predicted molar refractivity (Wildman–Crippen MR) is 130 cm³/mol. The molecule has 0 bridgehead atoms. The van der Waals surface area contributed by atoms with Crippen molar-refractivity contribution < 1.29 is 9.59 Å². The zero-order valence-corrected chi connectivity index (χ0v) is 20.0. The summed E-state index contributed by atoms with van der Waals surface area (Å²) in [4.78, 5) is 27.0. The molecule has 0 atom stereocenters. The van der Waals surface area contributed by atoms with Crippen LogP contribution in [-0.2, 0) is 16.8 Å². The van der Waals surface area contributed by atoms with Crippen LogP contribution in [0.5, 0.6) is 0 Å². The van der Waals surface area contributed by atoms with E-state index in [4.69, 9.17) is 11.6 Å². The summed E-state index contributed by atoms with van der Waals surface area (Å²) in [6.07, 6.45) is 2.16. The number of nitrogens with zero attached hydrogens (tertiary/aromatic N) is 1. The minimum Gasteiger partial charge on any atom is -0.353 e. The van der Waals surface area contributed by atoms with Gasteiger partial charge in [-0.25, -0.2) is 0 Å². The Labute approximate surface area is 196 Å². The van der Waals surface area contributed by atoms with Gasteiger partial charge in [-0.05, 0) is 53.6 Å². The lowest BCUT2D eigenvalue weighted by atomic mass is 9.87. The van der Waals surface area contributed by atoms with E-state index < -0.39 is 0 Å². The highest BCUT2D eigenvalue weighted by molar-refractivity contribution is 6.30. The molecule has 1 heterocycles. The first kappa shape index (κ1) is 24.3. The fourth-order valence-electron chi connectivity index (χ4n) is 3.90. The van der Waals surface area contributed by atoms with Crippen molar-refractivity contribution in [2.24, 2.45) is 0 Å². The van der Waals surface area contributed by atoms with Crippen LogP contribution in [0.15, 0.2) is 48.5 Å². The number of likely N-dealkylation sites (tertiary alicyclic amines) is 1. The molecule has 1 aliphatic heterocycles. The molecule has 1 saturated heterocycles. The normalized spacial score (nSPS) is 15.4. The number of benzene rings is 2. The molecule has 0 unspecified atom stereocenters. The molecular formula is C26H34ClN3O2. The second-order valence-corrected chi connectivity index (χ2v) is 10.0. The Morgan fingerprint density at radius 1 is 1.00 bits per heavy atom. The molecule has 2 aromatic rings. The molecule has 2 N–H and O–H groups in total. The van der Waals surface area contributed by atoms with Crippen molar-refractivity contribution in [1.29, 1.82) is 0 Å². The average molecular weight is 456 g/mol. The summed E-state index contributed by atoms with van der Waals surface area (Å²) in [5.41, 5.74) is 3.11. The van der Waals surface area contributed by atoms with Gasteiger partial charge in [-0.15, -0.1) is 0 Å². The van der Waals surface area contributed by atoms with Gasteiger partial charge in [0.15, 0.2) is 0 Å². The van der Waals surface area contributed by atoms with Gasteiger partial charge in [0, 0.05) is 49.2 Å². The van der Waals surface area contributed by atoms with E-state index in [2.05, 4.69) is 48.4 Å². The van der Waals surface area contributed by atoms with Crippen LogP contribution in [0.1, 0.15) is 61.5 Å². The first-order chi connectivity index (χ1) is 15.2. The monoisotopic (exact) mass is 455 g/mol. The molecule has 5 nitrogen and oxygen atoms in total. The zero-order valence-electron chi connectivity index (χ0n) is 19.3. The topological polar surface area (TPSA) is 61.4 Å². The first-order valence-electron chi connectivity index (χ1n) is 11.4. The number of hydrogen-bond acceptors (Lipinski definition) is 3. The fourth-order valence-corrected chi connectivity index (χ4v) is 4.02. The number of rotatable bonds is 7. The van der Waals surface area contributed by atoms with Gasteiger partial charge in [0.2, 0.25) is 5.91 Å². The Morgan fingerprint density at radius 3 is 2.22 bits per heavy atom. The Balaban J connectivity index is 1.34. The lowest BCUT2D eigenvalue weighted by Gasteiger charge is -2.32. The van der Waals surface area contributed by atoms with Crippen LogP contribution in [0.4, 0.5) is 0 Å². The van der Waals surface area contributed by atoms with E-state index in [0.717, 1.165) is 37.5 Å². The van der Waals surface area contributed by atoms with Gasteiger partial charge in [0.1, 0.15) is 0 Å². The summed E-state index contributed by atoms with van der Waals surface area (Å²) in [5, 5.41) is 6.71. The maximum atomic E-state index is 12.3. The van der Waals surface area contributed by atoms with Crippen LogP contribution >= 0.6 is 11.6 Å². The molecule has 1 aliphatic rings. The van der Waals surface area contributed by atoms with Crippen LogP contribution in [0.25, 0.3) is 0 Å². The van der Waals surface area contributed by atoms with Gasteiger partial charge in [-0.3, -0.25) is 14.5 Å². The van der Waals surface area contributed by atoms with Crippen molar-refractivity contribution >= 4 is 23.4 Å². The second kappa shape index (κ2) is 11.0. The molecule has 2 aromatic carbocycles. The van der Waals surface area contributed by atoms with E-state index in [1.54, 1.807) is 0 Å². The van der Waals surface area contributed by atoms with Gasteiger partial charge in [-0.2, -0.15) is 0 Å². The van der Waals surface area contributed by atoms with Gasteiger partial charge >= 0.3 is 0 Å². The van der Waals surface area contributed by atoms with Crippen molar-refractivity contribution in [1.82, 2.24) is 15.5 Å². The minimum atomic E-state index is -0.145. The third-order valence-electron chi connectivity index (χ3n) is 5.92. The van der Waals surface area contributed by atoms with Crippen molar-refractivity contribution in [2.75, 3.05) is 19.6 Å². The van der Waals surface area contributed by atoms with Crippen molar-refractivity contribution in [2.45, 2.75) is 58.0 Å². The Kier molecular flexibility index (Phi) is 8.32. The molecular weight excluding hydrogens is 422 g/mol. The number of hydrogen-bond donors (Lipinski definition) is 2. The minimum absolute atomic E-state index is 0.00969. The molecule has 2 amide bonds. The van der Waals surface area contributed by atoms with E-state index in [9.17, 15) is 9.59 Å². The summed E-state index contributed by atoms with van der Waals surface area (Å²) in [5.74, 6) is -0.154. The van der Waals surface area contributed by atoms with E-state index in [-0.39, 0.29) is 29.7 Å². The molecule has 32 heavy (non-hydrogen) atoms. The van der Waals surface area contributed by atoms with Crippen LogP contribution in [0, 0.1) is 0 Å². The molecule has 0 aromatic heterocycles. The summed E-state index contributed by atoms with van der Waals surface area (Å²) in [6.45, 7) is 9.57. The maximum Gasteiger partial charge on any atom is 0.251 e. The van der Waals surface area contributed by atoms with Crippen LogP contribution in [0.3, 0.4) is 0 Å². The van der Waals surface area contributed by atoms with Crippen molar-refractivity contribution in [3.05, 3.63) is 70.2 Å². The smallest absolute Gasteiger partial charge is 0.251 e. The number of carbonyl (C=O) groups excluding carboxylic acids is 2. The van der Waals surface area contributed by atoms with Crippen molar-refractivity contribution in [3.8, 4) is 0 Å². The summed E-state index contributed by atoms with van der Waals surface area (Å²) in [6, 6.07) is 15.8. The van der Waals surface area contributed by atoms with Gasteiger partial charge in [0.25, 0.3) is 5.91 Å². The van der Waals surface area contributed by atoms with Crippen molar-refractivity contribution in [3.63, 3.8) is 0 Å². The number of piperidine rings is 1. The number of amides is 2. The highest BCUT2D eigenvalue weighted by atomic mass is 35.5. The van der Waals surface area contributed by atoms with Crippen LogP contribution in [0.2, 0.25) is 5.02 Å². The third kappa shape index (κ3) is 7.35. The highest BCUT2D eigenvalue weighted by Gasteiger charge is 2.21. The quantitative estimate of drug-likeness (QED) is 0.644. The van der Waals surface area contributed by atoms with Gasteiger partial charge < -0.3 is 10.6 Å². The van der Waals surface area contributed by atoms with E-state index in [1.807, 2.05) is 36.4 Å². The van der Waals surface area contributed by atoms with Crippen LogP contribution < -0.4 is 10.6 Å². The first-order valence-corrected chi connectivity index (χ1v) is 11.7. The van der Waals surface area contributed by atoms with Gasteiger partial charge in [0.05, 0.1) is 0 Å². The predicted octanol–water partition coefficient (Wildman–Crippen LogP) is 4.54. The Bertz CT molecular complexity index is 896. The summed E-state index contributed by atoms with van der Waals surface area (Å²) >= 11 is 5.95. The zero-order chi connectivity index (χ0) is 23.1. The Morgan fingerprint density at radius 2 is 1.62 bits per heavy atom. The molecule has 1 fully saturated rings. The maximum absolute atomic E-state index is 12.3. The number of nitrogens with one attached hydrogen (secondary N) is 2. The third-order valence-corrected chi connectivity index (χ3v) is 6.17. The lowest BCUT2D eigenvalue weighted by Crippen LogP contribution is -2.45. The lowest BCUT2D eigenvalue weighted by molar-refractivity contribution is -0.122. The number of halogens is 1. The summed E-state index contributed by atoms with van der Waals surface area (Å²) in [7, 11) is 0. The SMILES string of the molecule is CC(C)(C)c1ccc(C(=O)NCCC(=O)NC2CCN(Cc3ccc(Cl)cc3)CC2)cc1. The molecule has 6 heteroatoms.